The molecule has 0 bridgehead atoms. The van der Waals surface area contributed by atoms with Crippen LogP contribution in [-0.2, 0) is 20.9 Å². The predicted molar refractivity (Wildman–Crippen MR) is 62.7 cm³/mol. The number of carbonyl (C=O) groups excluding carboxylic acids is 2. The Balaban J connectivity index is 2.54. The van der Waals surface area contributed by atoms with Crippen LogP contribution >= 0.6 is 0 Å². The smallest absolute Gasteiger partial charge is 0.305 e. The number of esters is 1. The van der Waals surface area contributed by atoms with Gasteiger partial charge in [0, 0.05) is 19.1 Å². The molecule has 0 saturated heterocycles. The fourth-order valence-corrected chi connectivity index (χ4v) is 1.42. The first-order chi connectivity index (χ1) is 8.17. The van der Waals surface area contributed by atoms with E-state index in [0.29, 0.717) is 12.2 Å². The molecule has 4 heteroatoms. The summed E-state index contributed by atoms with van der Waals surface area (Å²) in [5.74, 6) is -0.422. The van der Waals surface area contributed by atoms with E-state index in [2.05, 4.69) is 4.74 Å². The minimum absolute atomic E-state index is 0.0561. The van der Waals surface area contributed by atoms with E-state index in [4.69, 9.17) is 4.74 Å². The van der Waals surface area contributed by atoms with Crippen LogP contribution in [0.15, 0.2) is 24.3 Å². The number of carbonyl (C=O) groups is 2. The summed E-state index contributed by atoms with van der Waals surface area (Å²) in [6.45, 7) is 0.524. The first-order valence-electron chi connectivity index (χ1n) is 5.35. The molecule has 0 aliphatic heterocycles. The van der Waals surface area contributed by atoms with Crippen LogP contribution in [0.2, 0.25) is 0 Å². The maximum Gasteiger partial charge on any atom is 0.305 e. The van der Waals surface area contributed by atoms with Gasteiger partial charge in [0.25, 0.3) is 0 Å². The molecule has 17 heavy (non-hydrogen) atoms. The maximum atomic E-state index is 11.7. The van der Waals surface area contributed by atoms with Crippen LogP contribution in [-0.4, -0.2) is 26.0 Å². The van der Waals surface area contributed by atoms with Gasteiger partial charge in [0.05, 0.1) is 20.1 Å². The van der Waals surface area contributed by atoms with Gasteiger partial charge in [-0.1, -0.05) is 24.3 Å². The minimum Gasteiger partial charge on any atom is -0.469 e. The quantitative estimate of drug-likeness (QED) is 0.559. The normalized spacial score (nSPS) is 10.0. The largest absolute Gasteiger partial charge is 0.469 e. The van der Waals surface area contributed by atoms with Crippen molar-refractivity contribution in [2.75, 3.05) is 14.2 Å². The summed E-state index contributed by atoms with van der Waals surface area (Å²) in [5.41, 5.74) is 1.62. The second-order valence-corrected chi connectivity index (χ2v) is 3.63. The van der Waals surface area contributed by atoms with Crippen molar-refractivity contribution < 1.29 is 19.1 Å². The number of hydrogen-bond donors (Lipinski definition) is 0. The van der Waals surface area contributed by atoms with Gasteiger partial charge in [-0.2, -0.15) is 0 Å². The molecule has 0 unspecified atom stereocenters. The van der Waals surface area contributed by atoms with Crippen molar-refractivity contribution in [2.45, 2.75) is 19.4 Å². The molecule has 1 aromatic carbocycles. The summed E-state index contributed by atoms with van der Waals surface area (Å²) < 4.78 is 9.46. The van der Waals surface area contributed by atoms with Crippen LogP contribution in [0.25, 0.3) is 0 Å². The Labute approximate surface area is 101 Å². The van der Waals surface area contributed by atoms with Crippen molar-refractivity contribution in [1.29, 1.82) is 0 Å². The van der Waals surface area contributed by atoms with E-state index >= 15 is 0 Å². The van der Waals surface area contributed by atoms with Crippen molar-refractivity contribution in [3.63, 3.8) is 0 Å². The fraction of sp³-hybridized carbons (Fsp3) is 0.385. The number of benzene rings is 1. The van der Waals surface area contributed by atoms with E-state index in [9.17, 15) is 9.59 Å². The van der Waals surface area contributed by atoms with Crippen LogP contribution in [0.5, 0.6) is 0 Å². The summed E-state index contributed by atoms with van der Waals surface area (Å²) in [7, 11) is 2.93. The summed E-state index contributed by atoms with van der Waals surface area (Å²) in [6, 6.07) is 7.17. The second-order valence-electron chi connectivity index (χ2n) is 3.63. The summed E-state index contributed by atoms with van der Waals surface area (Å²) >= 11 is 0. The summed E-state index contributed by atoms with van der Waals surface area (Å²) in [4.78, 5) is 22.6. The van der Waals surface area contributed by atoms with Crippen molar-refractivity contribution >= 4 is 11.8 Å². The summed E-state index contributed by atoms with van der Waals surface area (Å²) in [5, 5.41) is 0. The van der Waals surface area contributed by atoms with E-state index in [0.717, 1.165) is 5.56 Å². The highest BCUT2D eigenvalue weighted by Crippen LogP contribution is 2.09. The minimum atomic E-state index is -0.366. The number of ketones is 1. The Morgan fingerprint density at radius 1 is 1.06 bits per heavy atom. The number of ether oxygens (including phenoxy) is 2. The van der Waals surface area contributed by atoms with E-state index < -0.39 is 0 Å². The predicted octanol–water partition coefficient (Wildman–Crippen LogP) is 1.97. The highest BCUT2D eigenvalue weighted by Gasteiger charge is 2.09. The highest BCUT2D eigenvalue weighted by atomic mass is 16.5. The molecule has 0 saturated carbocycles. The molecular weight excluding hydrogens is 220 g/mol. The molecule has 92 valence electrons. The van der Waals surface area contributed by atoms with Crippen LogP contribution < -0.4 is 0 Å². The van der Waals surface area contributed by atoms with Crippen molar-refractivity contribution in [1.82, 2.24) is 0 Å². The third-order valence-corrected chi connectivity index (χ3v) is 2.37. The van der Waals surface area contributed by atoms with Crippen LogP contribution in [0, 0.1) is 0 Å². The Kier molecular flexibility index (Phi) is 5.36. The molecule has 0 N–H and O–H groups in total. The Bertz CT molecular complexity index is 381. The van der Waals surface area contributed by atoms with Crippen LogP contribution in [0.3, 0.4) is 0 Å². The third-order valence-electron chi connectivity index (χ3n) is 2.37. The Morgan fingerprint density at radius 2 is 1.71 bits per heavy atom. The van der Waals surface area contributed by atoms with Crippen molar-refractivity contribution in [3.8, 4) is 0 Å². The molecule has 0 atom stereocenters. The van der Waals surface area contributed by atoms with Gasteiger partial charge in [-0.3, -0.25) is 9.59 Å². The molecule has 0 spiro atoms. The second kappa shape index (κ2) is 6.81. The van der Waals surface area contributed by atoms with Gasteiger partial charge in [-0.05, 0) is 5.56 Å². The van der Waals surface area contributed by atoms with Crippen molar-refractivity contribution in [3.05, 3.63) is 35.4 Å². The average molecular weight is 236 g/mol. The van der Waals surface area contributed by atoms with Gasteiger partial charge in [0.1, 0.15) is 0 Å². The molecule has 0 aromatic heterocycles. The Morgan fingerprint density at radius 3 is 2.24 bits per heavy atom. The standard InChI is InChI=1S/C13H16O4/c1-16-9-10-3-5-11(6-4-10)12(14)7-8-13(15)17-2/h3-6H,7-9H2,1-2H3. The van der Waals surface area contributed by atoms with Gasteiger partial charge >= 0.3 is 5.97 Å². The zero-order valence-electron chi connectivity index (χ0n) is 10.1. The number of methoxy groups -OCH3 is 2. The van der Waals surface area contributed by atoms with Gasteiger partial charge in [0.2, 0.25) is 0 Å². The lowest BCUT2D eigenvalue weighted by Crippen LogP contribution is -2.06. The highest BCUT2D eigenvalue weighted by molar-refractivity contribution is 5.97. The van der Waals surface area contributed by atoms with E-state index in [1.54, 1.807) is 19.2 Å². The molecular formula is C13H16O4. The molecule has 0 fully saturated rings. The molecule has 4 nitrogen and oxygen atoms in total. The first-order valence-corrected chi connectivity index (χ1v) is 5.35. The molecule has 0 aliphatic carbocycles. The van der Waals surface area contributed by atoms with Gasteiger partial charge in [-0.15, -0.1) is 0 Å². The van der Waals surface area contributed by atoms with E-state index in [1.807, 2.05) is 12.1 Å². The zero-order valence-corrected chi connectivity index (χ0v) is 10.1. The van der Waals surface area contributed by atoms with E-state index in [1.165, 1.54) is 7.11 Å². The zero-order chi connectivity index (χ0) is 12.7. The first kappa shape index (κ1) is 13.4. The molecule has 0 amide bonds. The van der Waals surface area contributed by atoms with Gasteiger partial charge in [0.15, 0.2) is 5.78 Å². The molecule has 0 aliphatic rings. The lowest BCUT2D eigenvalue weighted by Gasteiger charge is -2.03. The Hall–Kier alpha value is -1.68. The van der Waals surface area contributed by atoms with Gasteiger partial charge < -0.3 is 9.47 Å². The molecule has 0 radical (unpaired) electrons. The van der Waals surface area contributed by atoms with E-state index in [-0.39, 0.29) is 24.6 Å². The fourth-order valence-electron chi connectivity index (χ4n) is 1.42. The third kappa shape index (κ3) is 4.36. The van der Waals surface area contributed by atoms with Crippen LogP contribution in [0.1, 0.15) is 28.8 Å². The SMILES string of the molecule is COCc1ccc(C(=O)CCC(=O)OC)cc1. The number of Topliss-reactive ketones (excluding diaryl/α,β-unsaturated/α-hetero) is 1. The molecule has 1 aromatic rings. The number of rotatable bonds is 6. The van der Waals surface area contributed by atoms with Gasteiger partial charge in [-0.25, -0.2) is 0 Å². The number of hydrogen-bond acceptors (Lipinski definition) is 4. The topological polar surface area (TPSA) is 52.6 Å². The maximum absolute atomic E-state index is 11.7. The lowest BCUT2D eigenvalue weighted by atomic mass is 10.1. The lowest BCUT2D eigenvalue weighted by molar-refractivity contribution is -0.140. The molecule has 0 heterocycles. The monoisotopic (exact) mass is 236 g/mol. The average Bonchev–Trinajstić information content (AvgIpc) is 2.36. The molecule has 1 rings (SSSR count). The van der Waals surface area contributed by atoms with Crippen molar-refractivity contribution in [2.24, 2.45) is 0 Å². The van der Waals surface area contributed by atoms with Crippen LogP contribution in [0.4, 0.5) is 0 Å². The summed E-state index contributed by atoms with van der Waals surface area (Å²) in [6.07, 6.45) is 0.297.